The van der Waals surface area contributed by atoms with Crippen molar-refractivity contribution in [1.29, 1.82) is 0 Å². The maximum atomic E-state index is 12.9. The Morgan fingerprint density at radius 3 is 1.20 bits per heavy atom. The number of esters is 6. The number of unbranched alkanes of at least 4 members (excludes halogenated alkanes) is 2. The number of carbonyl (C=O) groups excluding carboxylic acids is 6. The van der Waals surface area contributed by atoms with E-state index in [1.807, 2.05) is 0 Å². The normalized spacial score (nSPS) is 18.7. The van der Waals surface area contributed by atoms with Gasteiger partial charge in [0, 0.05) is 24.3 Å². The Hall–Kier alpha value is -5.86. The first-order chi connectivity index (χ1) is 26.2. The summed E-state index contributed by atoms with van der Waals surface area (Å²) in [5.41, 5.74) is 1.89. The van der Waals surface area contributed by atoms with Gasteiger partial charge in [0.2, 0.25) is 0 Å². The van der Waals surface area contributed by atoms with Gasteiger partial charge in [-0.25, -0.2) is 28.8 Å². The van der Waals surface area contributed by atoms with Gasteiger partial charge < -0.3 is 37.9 Å². The van der Waals surface area contributed by atoms with E-state index in [4.69, 9.17) is 37.9 Å². The van der Waals surface area contributed by atoms with Gasteiger partial charge in [0.1, 0.15) is 12.2 Å². The zero-order valence-electron chi connectivity index (χ0n) is 29.6. The average Bonchev–Trinajstić information content (AvgIpc) is 3.78. The van der Waals surface area contributed by atoms with Crippen LogP contribution in [0.4, 0.5) is 0 Å². The van der Waals surface area contributed by atoms with Crippen molar-refractivity contribution in [3.8, 4) is 0 Å². The topological polar surface area (TPSA) is 176 Å². The molecule has 14 nitrogen and oxygen atoms in total. The molecule has 0 bridgehead atoms. The lowest BCUT2D eigenvalue weighted by Crippen LogP contribution is -2.36. The molecule has 0 aliphatic carbocycles. The monoisotopic (exact) mass is 746 g/mol. The Labute approximate surface area is 312 Å². The lowest BCUT2D eigenvalue weighted by atomic mass is 10.1. The molecule has 4 atom stereocenters. The fraction of sp³-hybridized carbons (Fsp3) is 0.350. The van der Waals surface area contributed by atoms with Crippen molar-refractivity contribution in [2.45, 2.75) is 50.1 Å². The summed E-state index contributed by atoms with van der Waals surface area (Å²) in [7, 11) is 0. The first-order valence-electron chi connectivity index (χ1n) is 17.3. The van der Waals surface area contributed by atoms with Crippen molar-refractivity contribution in [3.63, 3.8) is 0 Å². The highest BCUT2D eigenvalue weighted by Gasteiger charge is 2.51. The highest BCUT2D eigenvalue weighted by Crippen LogP contribution is 2.31. The lowest BCUT2D eigenvalue weighted by Gasteiger charge is -2.17. The molecule has 2 aromatic carbocycles. The summed E-state index contributed by atoms with van der Waals surface area (Å²) in [6.07, 6.45) is 7.31. The third kappa shape index (κ3) is 13.3. The Morgan fingerprint density at radius 2 is 0.870 bits per heavy atom. The predicted octanol–water partition coefficient (Wildman–Crippen LogP) is 4.37. The number of ether oxygens (including phenoxy) is 8. The highest BCUT2D eigenvalue weighted by molar-refractivity contribution is 5.91. The van der Waals surface area contributed by atoms with Crippen LogP contribution in [0.3, 0.4) is 0 Å². The third-order valence-corrected chi connectivity index (χ3v) is 7.98. The molecule has 0 radical (unpaired) electrons. The van der Waals surface area contributed by atoms with Crippen molar-refractivity contribution in [2.75, 3.05) is 39.6 Å². The minimum absolute atomic E-state index is 0.0622. The Kier molecular flexibility index (Phi) is 16.4. The third-order valence-electron chi connectivity index (χ3n) is 7.98. The number of benzene rings is 2. The van der Waals surface area contributed by atoms with E-state index in [-0.39, 0.29) is 50.8 Å². The van der Waals surface area contributed by atoms with E-state index in [0.717, 1.165) is 12.2 Å². The van der Waals surface area contributed by atoms with Gasteiger partial charge in [-0.3, -0.25) is 0 Å². The second-order valence-corrected chi connectivity index (χ2v) is 11.9. The van der Waals surface area contributed by atoms with Crippen molar-refractivity contribution < 1.29 is 66.7 Å². The largest absolute Gasteiger partial charge is 0.463 e. The van der Waals surface area contributed by atoms with Crippen LogP contribution in [0, 0.1) is 0 Å². The van der Waals surface area contributed by atoms with Crippen LogP contribution in [0.1, 0.15) is 57.5 Å². The second kappa shape index (κ2) is 21.6. The van der Waals surface area contributed by atoms with Crippen molar-refractivity contribution in [2.24, 2.45) is 0 Å². The summed E-state index contributed by atoms with van der Waals surface area (Å²) >= 11 is 0. The fourth-order valence-electron chi connectivity index (χ4n) is 5.14. The van der Waals surface area contributed by atoms with Crippen LogP contribution in [0.5, 0.6) is 0 Å². The summed E-state index contributed by atoms with van der Waals surface area (Å²) in [5, 5.41) is 0. The van der Waals surface area contributed by atoms with Crippen molar-refractivity contribution >= 4 is 48.0 Å². The molecule has 2 fully saturated rings. The van der Waals surface area contributed by atoms with Gasteiger partial charge in [-0.1, -0.05) is 37.4 Å². The van der Waals surface area contributed by atoms with Gasteiger partial charge in [-0.05, 0) is 73.2 Å². The van der Waals surface area contributed by atoms with Crippen LogP contribution in [0.2, 0.25) is 0 Å². The summed E-state index contributed by atoms with van der Waals surface area (Å²) in [6.45, 7) is 7.54. The zero-order valence-corrected chi connectivity index (χ0v) is 29.6. The molecule has 2 saturated heterocycles. The van der Waals surface area contributed by atoms with Gasteiger partial charge in [-0.2, -0.15) is 0 Å². The number of carbonyl (C=O) groups is 6. The standard InChI is InChI=1S/C40H42O14/c1-3-33(41)47-21-5-7-23-49-35(43)19-13-27-9-15-29(16-10-27)39(45)53-31-25-51-38-32(26-52-37(31)38)54-40(46)30-17-11-28(12-18-30)14-20-36(44)50-24-8-6-22-48-34(42)4-2/h3-4,9-20,31-32,37-38H,1-2,5-8,21-26H2/t31?,32?,37-,38-/m1/s1. The molecule has 0 amide bonds. The summed E-state index contributed by atoms with van der Waals surface area (Å²) in [6, 6.07) is 12.9. The number of hydrogen-bond acceptors (Lipinski definition) is 14. The first kappa shape index (κ1) is 40.9. The Morgan fingerprint density at radius 1 is 0.537 bits per heavy atom. The molecule has 0 N–H and O–H groups in total. The molecule has 14 heteroatoms. The van der Waals surface area contributed by atoms with Crippen LogP contribution in [0.15, 0.2) is 86.0 Å². The van der Waals surface area contributed by atoms with Crippen LogP contribution in [-0.2, 0) is 57.1 Å². The Balaban J connectivity index is 1.15. The molecular formula is C40H42O14. The summed E-state index contributed by atoms with van der Waals surface area (Å²) in [4.78, 5) is 71.7. The van der Waals surface area contributed by atoms with Crippen LogP contribution < -0.4 is 0 Å². The molecule has 286 valence electrons. The van der Waals surface area contributed by atoms with Gasteiger partial charge >= 0.3 is 35.8 Å². The van der Waals surface area contributed by atoms with Crippen LogP contribution >= 0.6 is 0 Å². The second-order valence-electron chi connectivity index (χ2n) is 11.9. The number of hydrogen-bond donors (Lipinski definition) is 0. The molecule has 2 aliphatic heterocycles. The van der Waals surface area contributed by atoms with Gasteiger partial charge in [0.05, 0.1) is 50.8 Å². The van der Waals surface area contributed by atoms with E-state index < -0.39 is 60.2 Å². The van der Waals surface area contributed by atoms with Crippen LogP contribution in [0.25, 0.3) is 12.2 Å². The van der Waals surface area contributed by atoms with Gasteiger partial charge in [-0.15, -0.1) is 0 Å². The molecule has 54 heavy (non-hydrogen) atoms. The average molecular weight is 747 g/mol. The van der Waals surface area contributed by atoms with E-state index in [1.165, 1.54) is 12.2 Å². The molecule has 0 aromatic heterocycles. The molecule has 2 aliphatic rings. The smallest absolute Gasteiger partial charge is 0.338 e. The summed E-state index contributed by atoms with van der Waals surface area (Å²) < 4.78 is 42.9. The predicted molar refractivity (Wildman–Crippen MR) is 192 cm³/mol. The minimum Gasteiger partial charge on any atom is -0.463 e. The lowest BCUT2D eigenvalue weighted by molar-refractivity contribution is -0.140. The van der Waals surface area contributed by atoms with E-state index in [0.29, 0.717) is 36.8 Å². The molecular weight excluding hydrogens is 704 g/mol. The van der Waals surface area contributed by atoms with Crippen molar-refractivity contribution in [1.82, 2.24) is 0 Å². The van der Waals surface area contributed by atoms with Gasteiger partial charge in [0.25, 0.3) is 0 Å². The fourth-order valence-corrected chi connectivity index (χ4v) is 5.14. The maximum Gasteiger partial charge on any atom is 0.338 e. The number of fused-ring (bicyclic) bond motifs is 1. The van der Waals surface area contributed by atoms with Crippen LogP contribution in [-0.4, -0.2) is 99.9 Å². The maximum absolute atomic E-state index is 12.9. The SMILES string of the molecule is C=CC(=O)OCCCCOC(=O)C=Cc1ccc(C(=O)OC2CO[C@@H]3C(OC(=O)c4ccc(C=CC(=O)OCCCCOC(=O)C=C)cc4)CO[C@H]23)cc1. The van der Waals surface area contributed by atoms with Crippen molar-refractivity contribution in [3.05, 3.63) is 108 Å². The molecule has 0 saturated carbocycles. The van der Waals surface area contributed by atoms with Gasteiger partial charge in [0.15, 0.2) is 12.2 Å². The van der Waals surface area contributed by atoms with E-state index in [1.54, 1.807) is 60.7 Å². The molecule has 2 heterocycles. The molecule has 4 rings (SSSR count). The summed E-state index contributed by atoms with van der Waals surface area (Å²) in [5.74, 6) is -3.24. The molecule has 0 spiro atoms. The van der Waals surface area contributed by atoms with E-state index in [2.05, 4.69) is 13.2 Å². The van der Waals surface area contributed by atoms with E-state index in [9.17, 15) is 28.8 Å². The zero-order chi connectivity index (χ0) is 38.7. The highest BCUT2D eigenvalue weighted by atomic mass is 16.7. The minimum atomic E-state index is -0.714. The first-order valence-corrected chi connectivity index (χ1v) is 17.3. The quantitative estimate of drug-likeness (QED) is 0.0808. The molecule has 2 aromatic rings. The Bertz CT molecular complexity index is 1570. The molecule has 2 unspecified atom stereocenters. The number of rotatable bonds is 20. The van der Waals surface area contributed by atoms with E-state index >= 15 is 0 Å².